The van der Waals surface area contributed by atoms with Crippen LogP contribution in [0.5, 0.6) is 0 Å². The first-order valence-electron chi connectivity index (χ1n) is 10.9. The average molecular weight is 392 g/mol. The zero-order chi connectivity index (χ0) is 20.6. The first-order valence-corrected chi connectivity index (χ1v) is 10.9. The van der Waals surface area contributed by atoms with Crippen LogP contribution in [0.2, 0.25) is 0 Å². The van der Waals surface area contributed by atoms with Crippen LogP contribution in [0.1, 0.15) is 60.3 Å². The number of hydrogen-bond donors (Lipinski definition) is 1. The van der Waals surface area contributed by atoms with Gasteiger partial charge in [-0.25, -0.2) is 4.39 Å². The monoisotopic (exact) mass is 391 g/mol. The van der Waals surface area contributed by atoms with Gasteiger partial charge in [-0.1, -0.05) is 60.7 Å². The second-order valence-electron chi connectivity index (χ2n) is 8.53. The molecule has 2 aromatic rings. The summed E-state index contributed by atoms with van der Waals surface area (Å²) >= 11 is 0. The second-order valence-corrected chi connectivity index (χ2v) is 8.53. The fourth-order valence-electron chi connectivity index (χ4n) is 4.53. The van der Waals surface area contributed by atoms with Crippen molar-refractivity contribution in [1.82, 2.24) is 0 Å². The fraction of sp³-hybridized carbons (Fsp3) is 0.407. The third-order valence-corrected chi connectivity index (χ3v) is 6.56. The van der Waals surface area contributed by atoms with Crippen molar-refractivity contribution in [3.63, 3.8) is 0 Å². The zero-order valence-corrected chi connectivity index (χ0v) is 17.7. The van der Waals surface area contributed by atoms with Gasteiger partial charge in [-0.15, -0.1) is 0 Å². The normalized spacial score (nSPS) is 19.9. The minimum absolute atomic E-state index is 0.289. The molecule has 0 spiro atoms. The summed E-state index contributed by atoms with van der Waals surface area (Å²) < 4.78 is 12.8. The molecule has 1 nitrogen and oxygen atoms in total. The van der Waals surface area contributed by atoms with Gasteiger partial charge in [-0.2, -0.15) is 0 Å². The summed E-state index contributed by atoms with van der Waals surface area (Å²) in [4.78, 5) is 0. The maximum Gasteiger partial charge on any atom is 0.0871 e. The molecule has 0 radical (unpaired) electrons. The molecule has 0 atom stereocenters. The standard InChI is InChI=1S/C27H34FN/c1-20-8-9-22(10-11-23(18-28)19-29)17-27(20)16-21(2)24-12-14-26(15-13-24)25-6-4-3-5-7-25/h3-9,17-18,24,26H,2,10-16,19,29H2,1H3/b23-18-. The lowest BCUT2D eigenvalue weighted by molar-refractivity contribution is 0.360. The van der Waals surface area contributed by atoms with E-state index in [1.54, 1.807) is 0 Å². The third kappa shape index (κ3) is 5.90. The van der Waals surface area contributed by atoms with Crippen LogP contribution in [0, 0.1) is 12.8 Å². The maximum absolute atomic E-state index is 12.8. The highest BCUT2D eigenvalue weighted by Crippen LogP contribution is 2.39. The quantitative estimate of drug-likeness (QED) is 0.491. The fourth-order valence-corrected chi connectivity index (χ4v) is 4.53. The summed E-state index contributed by atoms with van der Waals surface area (Å²) in [6, 6.07) is 17.5. The van der Waals surface area contributed by atoms with Crippen LogP contribution < -0.4 is 5.73 Å². The smallest absolute Gasteiger partial charge is 0.0871 e. The van der Waals surface area contributed by atoms with Gasteiger partial charge < -0.3 is 5.73 Å². The summed E-state index contributed by atoms with van der Waals surface area (Å²) in [6.45, 7) is 6.93. The van der Waals surface area contributed by atoms with E-state index in [-0.39, 0.29) is 6.54 Å². The molecule has 0 aliphatic heterocycles. The number of allylic oxidation sites excluding steroid dienone is 1. The van der Waals surface area contributed by atoms with Crippen molar-refractivity contribution in [2.45, 2.75) is 57.8 Å². The Balaban J connectivity index is 1.57. The van der Waals surface area contributed by atoms with Crippen LogP contribution in [0.4, 0.5) is 4.39 Å². The van der Waals surface area contributed by atoms with E-state index in [0.29, 0.717) is 30.2 Å². The van der Waals surface area contributed by atoms with Crippen LogP contribution in [0.25, 0.3) is 0 Å². The highest BCUT2D eigenvalue weighted by atomic mass is 19.1. The van der Waals surface area contributed by atoms with Crippen LogP contribution in [0.15, 0.2) is 72.6 Å². The van der Waals surface area contributed by atoms with Gasteiger partial charge in [0.25, 0.3) is 0 Å². The summed E-state index contributed by atoms with van der Waals surface area (Å²) in [5.74, 6) is 1.32. The van der Waals surface area contributed by atoms with Gasteiger partial charge in [0, 0.05) is 6.54 Å². The van der Waals surface area contributed by atoms with Crippen LogP contribution in [-0.2, 0) is 12.8 Å². The van der Waals surface area contributed by atoms with Gasteiger partial charge >= 0.3 is 0 Å². The summed E-state index contributed by atoms with van der Waals surface area (Å²) in [5, 5.41) is 0. The molecule has 29 heavy (non-hydrogen) atoms. The van der Waals surface area contributed by atoms with Gasteiger partial charge in [-0.3, -0.25) is 0 Å². The number of hydrogen-bond acceptors (Lipinski definition) is 1. The molecule has 0 amide bonds. The van der Waals surface area contributed by atoms with Gasteiger partial charge in [0.05, 0.1) is 6.33 Å². The molecule has 0 aromatic heterocycles. The lowest BCUT2D eigenvalue weighted by Crippen LogP contribution is -2.16. The van der Waals surface area contributed by atoms with E-state index in [2.05, 4.69) is 62.0 Å². The van der Waals surface area contributed by atoms with Crippen LogP contribution in [0.3, 0.4) is 0 Å². The Morgan fingerprint density at radius 1 is 1.10 bits per heavy atom. The van der Waals surface area contributed by atoms with E-state index in [1.807, 2.05) is 0 Å². The molecule has 154 valence electrons. The molecule has 0 heterocycles. The van der Waals surface area contributed by atoms with E-state index in [4.69, 9.17) is 5.73 Å². The molecule has 1 fully saturated rings. The molecule has 2 aromatic carbocycles. The number of nitrogens with two attached hydrogens (primary N) is 1. The molecular weight excluding hydrogens is 357 g/mol. The van der Waals surface area contributed by atoms with E-state index >= 15 is 0 Å². The van der Waals surface area contributed by atoms with Crippen molar-refractivity contribution in [1.29, 1.82) is 0 Å². The highest BCUT2D eigenvalue weighted by Gasteiger charge is 2.24. The van der Waals surface area contributed by atoms with Gasteiger partial charge in [0.1, 0.15) is 0 Å². The molecule has 2 N–H and O–H groups in total. The Hall–Kier alpha value is -2.19. The van der Waals surface area contributed by atoms with E-state index in [0.717, 1.165) is 12.8 Å². The largest absolute Gasteiger partial charge is 0.327 e. The summed E-state index contributed by atoms with van der Waals surface area (Å²) in [5.41, 5.74) is 13.0. The number of aryl methyl sites for hydroxylation is 2. The molecule has 3 rings (SSSR count). The van der Waals surface area contributed by atoms with Crippen LogP contribution in [-0.4, -0.2) is 6.54 Å². The number of rotatable bonds is 8. The van der Waals surface area contributed by atoms with Crippen molar-refractivity contribution in [2.75, 3.05) is 6.54 Å². The molecule has 0 unspecified atom stereocenters. The Labute approximate surface area is 175 Å². The molecule has 1 aliphatic carbocycles. The Morgan fingerprint density at radius 2 is 1.83 bits per heavy atom. The first kappa shape index (κ1) is 21.5. The molecule has 1 aliphatic rings. The highest BCUT2D eigenvalue weighted by molar-refractivity contribution is 5.35. The van der Waals surface area contributed by atoms with E-state index in [1.165, 1.54) is 53.5 Å². The van der Waals surface area contributed by atoms with Crippen molar-refractivity contribution < 1.29 is 4.39 Å². The lowest BCUT2D eigenvalue weighted by atomic mass is 9.75. The summed E-state index contributed by atoms with van der Waals surface area (Å²) in [7, 11) is 0. The second kappa shape index (κ2) is 10.5. The van der Waals surface area contributed by atoms with E-state index in [9.17, 15) is 4.39 Å². The van der Waals surface area contributed by atoms with Crippen molar-refractivity contribution in [3.8, 4) is 0 Å². The molecule has 1 saturated carbocycles. The van der Waals surface area contributed by atoms with Crippen molar-refractivity contribution in [3.05, 3.63) is 94.8 Å². The Morgan fingerprint density at radius 3 is 2.48 bits per heavy atom. The van der Waals surface area contributed by atoms with Crippen molar-refractivity contribution >= 4 is 0 Å². The SMILES string of the molecule is C=C(Cc1cc(CC/C(=C/F)CN)ccc1C)C1CCC(c2ccccc2)CC1. The Bertz CT molecular complexity index is 829. The van der Waals surface area contributed by atoms with Gasteiger partial charge in [0.15, 0.2) is 0 Å². The molecule has 0 bridgehead atoms. The van der Waals surface area contributed by atoms with Gasteiger partial charge in [-0.05, 0) is 91.5 Å². The van der Waals surface area contributed by atoms with E-state index < -0.39 is 0 Å². The zero-order valence-electron chi connectivity index (χ0n) is 17.7. The Kier molecular flexibility index (Phi) is 7.83. The van der Waals surface area contributed by atoms with Crippen molar-refractivity contribution in [2.24, 2.45) is 11.7 Å². The van der Waals surface area contributed by atoms with Crippen LogP contribution >= 0.6 is 0 Å². The topological polar surface area (TPSA) is 26.0 Å². The summed E-state index contributed by atoms with van der Waals surface area (Å²) in [6.07, 6.45) is 8.09. The first-order chi connectivity index (χ1) is 14.1. The minimum Gasteiger partial charge on any atom is -0.327 e. The van der Waals surface area contributed by atoms with Gasteiger partial charge in [0.2, 0.25) is 0 Å². The number of halogens is 1. The lowest BCUT2D eigenvalue weighted by Gasteiger charge is -2.30. The predicted molar refractivity (Wildman–Crippen MR) is 122 cm³/mol. The third-order valence-electron chi connectivity index (χ3n) is 6.56. The molecular formula is C27H34FN. The minimum atomic E-state index is 0.289. The molecule has 2 heteroatoms. The number of benzene rings is 2. The molecule has 0 saturated heterocycles. The average Bonchev–Trinajstić information content (AvgIpc) is 2.77. The maximum atomic E-state index is 12.8. The predicted octanol–water partition coefficient (Wildman–Crippen LogP) is 6.81.